The third kappa shape index (κ3) is 4.90. The van der Waals surface area contributed by atoms with Crippen molar-refractivity contribution in [1.29, 1.82) is 0 Å². The van der Waals surface area contributed by atoms with Gasteiger partial charge in [-0.25, -0.2) is 0 Å². The molecular formula is C33H24BNO6. The van der Waals surface area contributed by atoms with Crippen molar-refractivity contribution < 1.29 is 23.8 Å². The van der Waals surface area contributed by atoms with Crippen molar-refractivity contribution in [2.75, 3.05) is 7.05 Å². The number of phenolic OH excluding ortho intramolecular Hbond substituents is 1. The Bertz CT molecular complexity index is 2030. The van der Waals surface area contributed by atoms with Gasteiger partial charge in [-0.1, -0.05) is 6.07 Å². The molecule has 0 aliphatic rings. The van der Waals surface area contributed by atoms with Gasteiger partial charge in [0, 0.05) is 0 Å². The van der Waals surface area contributed by atoms with E-state index in [1.807, 2.05) is 60.5 Å². The van der Waals surface area contributed by atoms with Gasteiger partial charge in [0.05, 0.1) is 0 Å². The molecule has 0 unspecified atom stereocenters. The minimum atomic E-state index is -0.107. The van der Waals surface area contributed by atoms with Crippen LogP contribution in [0.3, 0.4) is 0 Å². The second kappa shape index (κ2) is 10.8. The molecule has 0 saturated heterocycles. The van der Waals surface area contributed by atoms with E-state index in [0.29, 0.717) is 58.5 Å². The van der Waals surface area contributed by atoms with Crippen LogP contribution in [0, 0.1) is 0 Å². The van der Waals surface area contributed by atoms with E-state index in [-0.39, 0.29) is 11.2 Å². The third-order valence-electron chi connectivity index (χ3n) is 7.27. The number of aromatic hydroxyl groups is 1. The Morgan fingerprint density at radius 1 is 0.878 bits per heavy atom. The average molecular weight is 541 g/mol. The van der Waals surface area contributed by atoms with Gasteiger partial charge in [0.2, 0.25) is 0 Å². The summed E-state index contributed by atoms with van der Waals surface area (Å²) in [4.78, 5) is 25.4. The summed E-state index contributed by atoms with van der Waals surface area (Å²) in [5.41, 5.74) is 4.48. The van der Waals surface area contributed by atoms with Crippen LogP contribution in [0.25, 0.3) is 43.8 Å². The standard InChI is InChI=1S/C33H24BNO6/c1-35(17-21-6-2-4-8-28(21)34-39)18-22-15-27-31(16-29(22)38)41-33-24-13-11-23(37)14-20(24)10-12-26(33)32(27)25-7-3-5-9-30(25)40-19-36/h2-16,19,38H,17-18H2,1H3. The minimum absolute atomic E-state index is 0.0570. The normalized spacial score (nSPS) is 11.3. The number of rotatable bonds is 8. The molecule has 0 radical (unpaired) electrons. The van der Waals surface area contributed by atoms with E-state index < -0.39 is 0 Å². The second-order valence-corrected chi connectivity index (χ2v) is 9.98. The number of nitrogens with zero attached hydrogens (tertiary/aromatic N) is 1. The predicted molar refractivity (Wildman–Crippen MR) is 159 cm³/mol. The van der Waals surface area contributed by atoms with Crippen molar-refractivity contribution >= 4 is 51.8 Å². The van der Waals surface area contributed by atoms with Crippen LogP contribution in [0.2, 0.25) is 0 Å². The van der Waals surface area contributed by atoms with Gasteiger partial charge in [0.1, 0.15) is 0 Å². The van der Waals surface area contributed by atoms with Crippen LogP contribution >= 0.6 is 0 Å². The quantitative estimate of drug-likeness (QED) is 0.121. The fourth-order valence-electron chi connectivity index (χ4n) is 5.41. The van der Waals surface area contributed by atoms with E-state index >= 15 is 0 Å². The van der Waals surface area contributed by atoms with Crippen LogP contribution < -0.4 is 15.6 Å². The number of benzene rings is 5. The first-order valence-electron chi connectivity index (χ1n) is 13.0. The SMILES string of the molecule is CN(Cc1cc2c(-c3ccccc3OC=O)c3ccc4cc(=O)ccc4c3oc2cc1O)Cc1ccccc1B=O. The number of hydrogen-bond acceptors (Lipinski definition) is 7. The third-order valence-corrected chi connectivity index (χ3v) is 7.27. The monoisotopic (exact) mass is 541 g/mol. The van der Waals surface area contributed by atoms with Crippen molar-refractivity contribution in [3.8, 4) is 22.6 Å². The molecule has 0 aliphatic heterocycles. The zero-order valence-corrected chi connectivity index (χ0v) is 22.2. The second-order valence-electron chi connectivity index (χ2n) is 9.98. The first-order valence-corrected chi connectivity index (χ1v) is 13.0. The van der Waals surface area contributed by atoms with E-state index in [1.165, 1.54) is 6.07 Å². The fourth-order valence-corrected chi connectivity index (χ4v) is 5.41. The molecule has 0 saturated carbocycles. The first-order chi connectivity index (χ1) is 20.0. The van der Waals surface area contributed by atoms with Crippen molar-refractivity contribution in [2.24, 2.45) is 0 Å². The molecule has 1 heterocycles. The Labute approximate surface area is 235 Å². The van der Waals surface area contributed by atoms with Gasteiger partial charge in [0.15, 0.2) is 5.43 Å². The molecule has 0 aliphatic carbocycles. The molecule has 5 aromatic carbocycles. The average Bonchev–Trinajstić information content (AvgIpc) is 2.97. The Morgan fingerprint density at radius 3 is 2.46 bits per heavy atom. The molecule has 1 aromatic heterocycles. The van der Waals surface area contributed by atoms with Crippen LogP contribution in [0.5, 0.6) is 11.5 Å². The van der Waals surface area contributed by atoms with E-state index in [2.05, 4.69) is 0 Å². The molecular weight excluding hydrogens is 517 g/mol. The van der Waals surface area contributed by atoms with Crippen LogP contribution in [0.1, 0.15) is 11.1 Å². The summed E-state index contributed by atoms with van der Waals surface area (Å²) >= 11 is 0. The van der Waals surface area contributed by atoms with Crippen molar-refractivity contribution in [3.05, 3.63) is 112 Å². The summed E-state index contributed by atoms with van der Waals surface area (Å²) in [6.07, 6.45) is 0. The van der Waals surface area contributed by atoms with E-state index in [4.69, 9.17) is 9.15 Å². The topological polar surface area (TPSA) is 97.1 Å². The number of fused-ring (bicyclic) bond motifs is 4. The van der Waals surface area contributed by atoms with Gasteiger partial charge in [-0.2, -0.15) is 0 Å². The van der Waals surface area contributed by atoms with Crippen LogP contribution in [-0.4, -0.2) is 30.7 Å². The van der Waals surface area contributed by atoms with E-state index in [1.54, 1.807) is 36.4 Å². The summed E-state index contributed by atoms with van der Waals surface area (Å²) in [5.74, 6) is 0.435. The van der Waals surface area contributed by atoms with E-state index in [0.717, 1.165) is 34.4 Å². The Morgan fingerprint density at radius 2 is 1.63 bits per heavy atom. The molecule has 6 aromatic rings. The van der Waals surface area contributed by atoms with Crippen LogP contribution in [0.15, 0.2) is 100 Å². The van der Waals surface area contributed by atoms with Crippen LogP contribution in [0.4, 0.5) is 0 Å². The summed E-state index contributed by atoms with van der Waals surface area (Å²) < 4.78 is 23.3. The van der Waals surface area contributed by atoms with Crippen molar-refractivity contribution in [2.45, 2.75) is 13.1 Å². The van der Waals surface area contributed by atoms with E-state index in [9.17, 15) is 19.4 Å². The molecule has 6 rings (SSSR count). The number of carbonyl (C=O) groups is 1. The first kappa shape index (κ1) is 26.2. The molecule has 0 amide bonds. The van der Waals surface area contributed by atoms with Gasteiger partial charge < -0.3 is 0 Å². The van der Waals surface area contributed by atoms with Crippen LogP contribution in [-0.2, 0) is 22.6 Å². The predicted octanol–water partition coefficient (Wildman–Crippen LogP) is 5.31. The van der Waals surface area contributed by atoms with Gasteiger partial charge in [-0.05, 0) is 23.6 Å². The number of ether oxygens (including phenoxy) is 1. The number of hydrogen-bond donors (Lipinski definition) is 1. The molecule has 0 atom stereocenters. The summed E-state index contributed by atoms with van der Waals surface area (Å²) in [6.45, 7) is 1.29. The fraction of sp³-hybridized carbons (Fsp3) is 0.0909. The number of para-hydroxylation sites is 1. The van der Waals surface area contributed by atoms with Gasteiger partial charge >= 0.3 is 184 Å². The molecule has 1 N–H and O–H groups in total. The Hall–Kier alpha value is -5.08. The number of phenols is 1. The van der Waals surface area contributed by atoms with Crippen molar-refractivity contribution in [1.82, 2.24) is 4.90 Å². The summed E-state index contributed by atoms with van der Waals surface area (Å²) in [6, 6.07) is 26.6. The summed E-state index contributed by atoms with van der Waals surface area (Å²) in [7, 11) is 2.76. The maximum atomic E-state index is 12.0. The zero-order valence-electron chi connectivity index (χ0n) is 22.2. The van der Waals surface area contributed by atoms with Gasteiger partial charge in [0.25, 0.3) is 6.47 Å². The molecule has 0 fully saturated rings. The maximum absolute atomic E-state index is 12.0. The molecule has 200 valence electrons. The summed E-state index contributed by atoms with van der Waals surface area (Å²) in [5, 5.41) is 14.0. The molecule has 0 spiro atoms. The number of carbonyl (C=O) groups excluding carboxylic acids is 1. The molecule has 8 heteroatoms. The molecule has 41 heavy (non-hydrogen) atoms. The zero-order chi connectivity index (χ0) is 28.5. The molecule has 7 nitrogen and oxygen atoms in total. The van der Waals surface area contributed by atoms with Crippen molar-refractivity contribution in [3.63, 3.8) is 0 Å². The van der Waals surface area contributed by atoms with Gasteiger partial charge in [-0.3, -0.25) is 9.59 Å². The Kier molecular flexibility index (Phi) is 6.91. The Balaban J connectivity index is 1.57. The molecule has 0 bridgehead atoms. The van der Waals surface area contributed by atoms with Gasteiger partial charge in [-0.15, -0.1) is 0 Å².